The zero-order valence-corrected chi connectivity index (χ0v) is 17.9. The van der Waals surface area contributed by atoms with E-state index in [1.165, 1.54) is 10.4 Å². The third-order valence-electron chi connectivity index (χ3n) is 5.82. The van der Waals surface area contributed by atoms with E-state index in [0.717, 1.165) is 30.6 Å². The topological polar surface area (TPSA) is 49.9 Å². The van der Waals surface area contributed by atoms with Crippen molar-refractivity contribution >= 4 is 23.2 Å². The van der Waals surface area contributed by atoms with Crippen molar-refractivity contribution < 1.29 is 14.3 Å². The molecule has 0 radical (unpaired) electrons. The summed E-state index contributed by atoms with van der Waals surface area (Å²) in [7, 11) is 0. The average molecular weight is 413 g/mol. The van der Waals surface area contributed by atoms with Crippen LogP contribution >= 0.6 is 11.3 Å². The molecule has 154 valence electrons. The molecule has 1 fully saturated rings. The van der Waals surface area contributed by atoms with Gasteiger partial charge in [0, 0.05) is 23.9 Å². The van der Waals surface area contributed by atoms with Crippen molar-refractivity contribution in [2.45, 2.75) is 51.6 Å². The molecule has 1 aromatic carbocycles. The molecule has 0 N–H and O–H groups in total. The van der Waals surface area contributed by atoms with Gasteiger partial charge in [0.05, 0.1) is 6.04 Å². The number of rotatable bonds is 7. The Morgan fingerprint density at radius 1 is 1.24 bits per heavy atom. The Kier molecular flexibility index (Phi) is 5.90. The predicted octanol–water partition coefficient (Wildman–Crippen LogP) is 3.96. The molecule has 0 spiro atoms. The molecule has 1 aromatic heterocycles. The molecule has 2 amide bonds. The first-order valence-electron chi connectivity index (χ1n) is 10.4. The third kappa shape index (κ3) is 4.32. The first kappa shape index (κ1) is 20.0. The lowest BCUT2D eigenvalue weighted by Gasteiger charge is -2.37. The standard InChI is InChI=1S/C23H28N2O3S/c1-3-22(26)25(17-8-9-17)14-23(27)24-12-10-21-18(11-13-29-21)19(24)15-28-20-7-5-4-6-16(20)2/h4-7,11,13,17,19H,3,8-10,12,14-15H2,1-2H3/t19-/m0/s1. The van der Waals surface area contributed by atoms with Crippen molar-refractivity contribution in [1.29, 1.82) is 0 Å². The van der Waals surface area contributed by atoms with E-state index in [-0.39, 0.29) is 30.4 Å². The molecule has 0 bridgehead atoms. The van der Waals surface area contributed by atoms with Gasteiger partial charge < -0.3 is 14.5 Å². The van der Waals surface area contributed by atoms with Gasteiger partial charge in [-0.25, -0.2) is 0 Å². The number of benzene rings is 1. The minimum absolute atomic E-state index is 0.0222. The lowest BCUT2D eigenvalue weighted by molar-refractivity contribution is -0.143. The predicted molar refractivity (Wildman–Crippen MR) is 114 cm³/mol. The number of thiophene rings is 1. The number of aryl methyl sites for hydroxylation is 1. The SMILES string of the molecule is CCC(=O)N(CC(=O)N1CCc2sccc2[C@@H]1COc1ccccc1C)C1CC1. The first-order valence-corrected chi connectivity index (χ1v) is 11.3. The largest absolute Gasteiger partial charge is 0.491 e. The van der Waals surface area contributed by atoms with Crippen molar-refractivity contribution in [2.75, 3.05) is 19.7 Å². The highest BCUT2D eigenvalue weighted by molar-refractivity contribution is 7.10. The van der Waals surface area contributed by atoms with Crippen LogP contribution in [0.15, 0.2) is 35.7 Å². The highest BCUT2D eigenvalue weighted by Gasteiger charge is 2.37. The van der Waals surface area contributed by atoms with Gasteiger partial charge in [-0.1, -0.05) is 25.1 Å². The van der Waals surface area contributed by atoms with Gasteiger partial charge in [0.15, 0.2) is 0 Å². The Bertz CT molecular complexity index is 890. The Balaban J connectivity index is 1.52. The van der Waals surface area contributed by atoms with Crippen LogP contribution in [0.25, 0.3) is 0 Å². The Morgan fingerprint density at radius 3 is 2.76 bits per heavy atom. The van der Waals surface area contributed by atoms with Crippen LogP contribution in [0.4, 0.5) is 0 Å². The van der Waals surface area contributed by atoms with Crippen LogP contribution in [-0.4, -0.2) is 47.4 Å². The minimum atomic E-state index is -0.116. The normalized spacial score (nSPS) is 18.3. The Morgan fingerprint density at radius 2 is 2.03 bits per heavy atom. The van der Waals surface area contributed by atoms with E-state index < -0.39 is 0 Å². The molecule has 4 rings (SSSR count). The fraction of sp³-hybridized carbons (Fsp3) is 0.478. The molecule has 2 aliphatic rings. The number of amides is 2. The van der Waals surface area contributed by atoms with Crippen molar-refractivity contribution in [3.8, 4) is 5.75 Å². The number of hydrogen-bond acceptors (Lipinski definition) is 4. The zero-order chi connectivity index (χ0) is 20.4. The van der Waals surface area contributed by atoms with E-state index in [4.69, 9.17) is 4.74 Å². The van der Waals surface area contributed by atoms with E-state index in [9.17, 15) is 9.59 Å². The molecule has 1 saturated carbocycles. The molecular formula is C23H28N2O3S. The van der Waals surface area contributed by atoms with Gasteiger partial charge in [-0.15, -0.1) is 11.3 Å². The summed E-state index contributed by atoms with van der Waals surface area (Å²) in [6.45, 7) is 5.16. The molecule has 1 aliphatic heterocycles. The molecule has 6 heteroatoms. The third-order valence-corrected chi connectivity index (χ3v) is 6.82. The summed E-state index contributed by atoms with van der Waals surface area (Å²) in [6.07, 6.45) is 3.32. The first-order chi connectivity index (χ1) is 14.1. The number of ether oxygens (including phenoxy) is 1. The zero-order valence-electron chi connectivity index (χ0n) is 17.1. The maximum atomic E-state index is 13.3. The van der Waals surface area contributed by atoms with Crippen LogP contribution in [0.5, 0.6) is 5.75 Å². The summed E-state index contributed by atoms with van der Waals surface area (Å²) in [5.41, 5.74) is 2.27. The van der Waals surface area contributed by atoms with Crippen molar-refractivity contribution in [3.63, 3.8) is 0 Å². The Labute approximate surface area is 176 Å². The minimum Gasteiger partial charge on any atom is -0.491 e. The van der Waals surface area contributed by atoms with Gasteiger partial charge in [-0.3, -0.25) is 9.59 Å². The molecule has 2 heterocycles. The van der Waals surface area contributed by atoms with Crippen molar-refractivity contribution in [3.05, 3.63) is 51.7 Å². The highest BCUT2D eigenvalue weighted by atomic mass is 32.1. The maximum absolute atomic E-state index is 13.3. The molecule has 2 aromatic rings. The number of nitrogens with zero attached hydrogens (tertiary/aromatic N) is 2. The van der Waals surface area contributed by atoms with Gasteiger partial charge in [-0.05, 0) is 54.8 Å². The summed E-state index contributed by atoms with van der Waals surface area (Å²) in [5, 5.41) is 2.09. The van der Waals surface area contributed by atoms with Gasteiger partial charge in [0.25, 0.3) is 0 Å². The molecule has 0 unspecified atom stereocenters. The fourth-order valence-electron chi connectivity index (χ4n) is 4.01. The van der Waals surface area contributed by atoms with Crippen LogP contribution < -0.4 is 4.74 Å². The second-order valence-electron chi connectivity index (χ2n) is 7.83. The van der Waals surface area contributed by atoms with Crippen LogP contribution in [0.3, 0.4) is 0 Å². The van der Waals surface area contributed by atoms with Gasteiger partial charge in [0.2, 0.25) is 11.8 Å². The number of carbonyl (C=O) groups is 2. The highest BCUT2D eigenvalue weighted by Crippen LogP contribution is 2.35. The van der Waals surface area contributed by atoms with Crippen LogP contribution in [0.2, 0.25) is 0 Å². The number of fused-ring (bicyclic) bond motifs is 1. The van der Waals surface area contributed by atoms with Gasteiger partial charge in [-0.2, -0.15) is 0 Å². The monoisotopic (exact) mass is 412 g/mol. The van der Waals surface area contributed by atoms with Crippen molar-refractivity contribution in [1.82, 2.24) is 9.80 Å². The summed E-state index contributed by atoms with van der Waals surface area (Å²) >= 11 is 1.75. The molecular weight excluding hydrogens is 384 g/mol. The number of para-hydroxylation sites is 1. The number of hydrogen-bond donors (Lipinski definition) is 0. The van der Waals surface area contributed by atoms with Crippen LogP contribution in [0, 0.1) is 6.92 Å². The van der Waals surface area contributed by atoms with Crippen LogP contribution in [-0.2, 0) is 16.0 Å². The molecule has 1 aliphatic carbocycles. The quantitative estimate of drug-likeness (QED) is 0.692. The summed E-state index contributed by atoms with van der Waals surface area (Å²) in [4.78, 5) is 30.6. The maximum Gasteiger partial charge on any atom is 0.242 e. The fourth-order valence-corrected chi connectivity index (χ4v) is 4.94. The second kappa shape index (κ2) is 8.57. The average Bonchev–Trinajstić information content (AvgIpc) is 3.46. The second-order valence-corrected chi connectivity index (χ2v) is 8.84. The van der Waals surface area contributed by atoms with Gasteiger partial charge >= 0.3 is 0 Å². The van der Waals surface area contributed by atoms with E-state index in [1.807, 2.05) is 43.0 Å². The lowest BCUT2D eigenvalue weighted by Crippen LogP contribution is -2.48. The molecule has 5 nitrogen and oxygen atoms in total. The van der Waals surface area contributed by atoms with Gasteiger partial charge in [0.1, 0.15) is 18.9 Å². The summed E-state index contributed by atoms with van der Waals surface area (Å²) in [5.74, 6) is 0.943. The van der Waals surface area contributed by atoms with Crippen molar-refractivity contribution in [2.24, 2.45) is 0 Å². The summed E-state index contributed by atoms with van der Waals surface area (Å²) in [6, 6.07) is 10.2. The molecule has 1 atom stereocenters. The lowest BCUT2D eigenvalue weighted by atomic mass is 10.00. The summed E-state index contributed by atoms with van der Waals surface area (Å²) < 4.78 is 6.15. The molecule has 29 heavy (non-hydrogen) atoms. The number of carbonyl (C=O) groups excluding carboxylic acids is 2. The molecule has 0 saturated heterocycles. The van der Waals surface area contributed by atoms with E-state index >= 15 is 0 Å². The van der Waals surface area contributed by atoms with Crippen LogP contribution in [0.1, 0.15) is 48.2 Å². The smallest absolute Gasteiger partial charge is 0.242 e. The Hall–Kier alpha value is -2.34. The van der Waals surface area contributed by atoms with E-state index in [0.29, 0.717) is 19.6 Å². The van der Waals surface area contributed by atoms with E-state index in [2.05, 4.69) is 11.4 Å². The van der Waals surface area contributed by atoms with E-state index in [1.54, 1.807) is 16.2 Å².